The number of carbonyl (C=O) groups excluding carboxylic acids is 1. The maximum Gasteiger partial charge on any atom is 0.297 e. The van der Waals surface area contributed by atoms with Crippen LogP contribution in [0, 0.1) is 0 Å². The molecule has 2 heterocycles. The first kappa shape index (κ1) is 13.2. The number of imidazole rings is 1. The molecule has 1 aromatic carbocycles. The summed E-state index contributed by atoms with van der Waals surface area (Å²) in [5, 5.41) is 15.6. The van der Waals surface area contributed by atoms with E-state index in [0.717, 1.165) is 16.9 Å². The topological polar surface area (TPSA) is 112 Å². The van der Waals surface area contributed by atoms with Crippen molar-refractivity contribution in [2.24, 2.45) is 0 Å². The predicted octanol–water partition coefficient (Wildman–Crippen LogP) is 1.63. The highest BCUT2D eigenvalue weighted by Crippen LogP contribution is 2.24. The standard InChI is InChI=1S/C13H15N7O/c1-13(2,3)12-15-8-5-4-7(6-9(8)16-12)14-11(21)10-17-19-20-18-10/h4-6H,1-3H3,(H,14,21)(H,15,16)(H,17,18,19,20). The SMILES string of the molecule is CC(C)(C)c1nc2ccc(NC(=O)c3nn[nH]n3)cc2[nH]1. The maximum absolute atomic E-state index is 11.9. The van der Waals surface area contributed by atoms with Gasteiger partial charge in [-0.1, -0.05) is 20.8 Å². The average molecular weight is 285 g/mol. The number of amides is 1. The fourth-order valence-corrected chi connectivity index (χ4v) is 1.89. The number of hydrogen-bond acceptors (Lipinski definition) is 5. The van der Waals surface area contributed by atoms with E-state index in [9.17, 15) is 4.79 Å². The molecule has 0 aliphatic heterocycles. The number of H-pyrrole nitrogens is 2. The summed E-state index contributed by atoms with van der Waals surface area (Å²) in [6.45, 7) is 6.26. The van der Waals surface area contributed by atoms with E-state index in [-0.39, 0.29) is 11.2 Å². The fourth-order valence-electron chi connectivity index (χ4n) is 1.89. The number of rotatable bonds is 2. The third-order valence-corrected chi connectivity index (χ3v) is 3.00. The Morgan fingerprint density at radius 1 is 1.29 bits per heavy atom. The molecule has 3 rings (SSSR count). The van der Waals surface area contributed by atoms with E-state index >= 15 is 0 Å². The van der Waals surface area contributed by atoms with E-state index in [2.05, 4.69) is 56.7 Å². The van der Waals surface area contributed by atoms with Crippen molar-refractivity contribution in [2.45, 2.75) is 26.2 Å². The Bertz CT molecular complexity index is 783. The van der Waals surface area contributed by atoms with Gasteiger partial charge in [0.05, 0.1) is 11.0 Å². The molecule has 0 spiro atoms. The molecule has 2 aromatic heterocycles. The van der Waals surface area contributed by atoms with E-state index in [0.29, 0.717) is 5.69 Å². The summed E-state index contributed by atoms with van der Waals surface area (Å²) in [6.07, 6.45) is 0. The summed E-state index contributed by atoms with van der Waals surface area (Å²) < 4.78 is 0. The second kappa shape index (κ2) is 4.65. The predicted molar refractivity (Wildman–Crippen MR) is 76.9 cm³/mol. The minimum atomic E-state index is -0.418. The van der Waals surface area contributed by atoms with Gasteiger partial charge in [0, 0.05) is 11.1 Å². The molecule has 0 atom stereocenters. The minimum Gasteiger partial charge on any atom is -0.341 e. The molecular weight excluding hydrogens is 270 g/mol. The van der Waals surface area contributed by atoms with Gasteiger partial charge in [-0.2, -0.15) is 5.21 Å². The van der Waals surface area contributed by atoms with E-state index in [1.807, 2.05) is 12.1 Å². The van der Waals surface area contributed by atoms with Gasteiger partial charge in [-0.05, 0) is 23.4 Å². The number of carbonyl (C=O) groups is 1. The highest BCUT2D eigenvalue weighted by atomic mass is 16.2. The Hall–Kier alpha value is -2.77. The fraction of sp³-hybridized carbons (Fsp3) is 0.308. The van der Waals surface area contributed by atoms with Crippen LogP contribution in [0.5, 0.6) is 0 Å². The quantitative estimate of drug-likeness (QED) is 0.662. The lowest BCUT2D eigenvalue weighted by atomic mass is 9.96. The van der Waals surface area contributed by atoms with Crippen LogP contribution in [-0.4, -0.2) is 36.5 Å². The molecule has 0 bridgehead atoms. The molecule has 1 amide bonds. The second-order valence-electron chi connectivity index (χ2n) is 5.76. The number of hydrogen-bond donors (Lipinski definition) is 3. The van der Waals surface area contributed by atoms with E-state index in [4.69, 9.17) is 0 Å². The molecule has 0 radical (unpaired) electrons. The van der Waals surface area contributed by atoms with Crippen LogP contribution >= 0.6 is 0 Å². The highest BCUT2D eigenvalue weighted by Gasteiger charge is 2.18. The van der Waals surface area contributed by atoms with Crippen LogP contribution in [0.25, 0.3) is 11.0 Å². The number of nitrogens with zero attached hydrogens (tertiary/aromatic N) is 4. The molecule has 0 aliphatic carbocycles. The van der Waals surface area contributed by atoms with Gasteiger partial charge in [0.25, 0.3) is 11.7 Å². The second-order valence-corrected chi connectivity index (χ2v) is 5.76. The van der Waals surface area contributed by atoms with Crippen LogP contribution in [0.2, 0.25) is 0 Å². The number of benzene rings is 1. The summed E-state index contributed by atoms with van der Waals surface area (Å²) in [5.74, 6) is 0.480. The van der Waals surface area contributed by atoms with Crippen LogP contribution < -0.4 is 5.32 Å². The average Bonchev–Trinajstić information content (AvgIpc) is 3.06. The number of aromatic amines is 2. The molecule has 0 fully saturated rings. The normalized spacial score (nSPS) is 11.8. The summed E-state index contributed by atoms with van der Waals surface area (Å²) in [7, 11) is 0. The van der Waals surface area contributed by atoms with E-state index < -0.39 is 5.91 Å². The molecular formula is C13H15N7O. The monoisotopic (exact) mass is 285 g/mol. The van der Waals surface area contributed by atoms with Crippen LogP contribution in [0.1, 0.15) is 37.2 Å². The zero-order chi connectivity index (χ0) is 15.0. The van der Waals surface area contributed by atoms with Crippen molar-refractivity contribution in [3.05, 3.63) is 29.8 Å². The van der Waals surface area contributed by atoms with Gasteiger partial charge in [-0.15, -0.1) is 10.2 Å². The van der Waals surface area contributed by atoms with Crippen LogP contribution in [0.3, 0.4) is 0 Å². The number of aromatic nitrogens is 6. The third kappa shape index (κ3) is 2.60. The molecule has 0 unspecified atom stereocenters. The number of tetrazole rings is 1. The lowest BCUT2D eigenvalue weighted by Crippen LogP contribution is -2.13. The smallest absolute Gasteiger partial charge is 0.297 e. The molecule has 3 aromatic rings. The zero-order valence-corrected chi connectivity index (χ0v) is 11.9. The van der Waals surface area contributed by atoms with Gasteiger partial charge < -0.3 is 10.3 Å². The van der Waals surface area contributed by atoms with Crippen molar-refractivity contribution in [3.8, 4) is 0 Å². The molecule has 8 nitrogen and oxygen atoms in total. The molecule has 0 aliphatic rings. The maximum atomic E-state index is 11.9. The van der Waals surface area contributed by atoms with Gasteiger partial charge in [-0.3, -0.25) is 4.79 Å². The van der Waals surface area contributed by atoms with E-state index in [1.54, 1.807) is 6.07 Å². The lowest BCUT2D eigenvalue weighted by molar-refractivity contribution is 0.101. The van der Waals surface area contributed by atoms with Crippen molar-refractivity contribution in [3.63, 3.8) is 0 Å². The zero-order valence-electron chi connectivity index (χ0n) is 11.9. The summed E-state index contributed by atoms with van der Waals surface area (Å²) >= 11 is 0. The largest absolute Gasteiger partial charge is 0.341 e. The molecule has 3 N–H and O–H groups in total. The van der Waals surface area contributed by atoms with Crippen molar-refractivity contribution in [1.82, 2.24) is 30.6 Å². The molecule has 0 saturated heterocycles. The summed E-state index contributed by atoms with van der Waals surface area (Å²) in [5.41, 5.74) is 2.30. The van der Waals surface area contributed by atoms with Crippen molar-refractivity contribution in [2.75, 3.05) is 5.32 Å². The number of fused-ring (bicyclic) bond motifs is 1. The van der Waals surface area contributed by atoms with E-state index in [1.165, 1.54) is 0 Å². The van der Waals surface area contributed by atoms with Crippen LogP contribution in [0.4, 0.5) is 5.69 Å². The van der Waals surface area contributed by atoms with Gasteiger partial charge in [-0.25, -0.2) is 4.98 Å². The van der Waals surface area contributed by atoms with Gasteiger partial charge in [0.15, 0.2) is 0 Å². The van der Waals surface area contributed by atoms with Gasteiger partial charge >= 0.3 is 0 Å². The van der Waals surface area contributed by atoms with Crippen molar-refractivity contribution in [1.29, 1.82) is 0 Å². The highest BCUT2D eigenvalue weighted by molar-refractivity contribution is 6.02. The lowest BCUT2D eigenvalue weighted by Gasteiger charge is -2.13. The van der Waals surface area contributed by atoms with Crippen LogP contribution in [-0.2, 0) is 5.41 Å². The Morgan fingerprint density at radius 3 is 2.76 bits per heavy atom. The Labute approximate surface area is 120 Å². The first-order valence-electron chi connectivity index (χ1n) is 6.48. The first-order valence-corrected chi connectivity index (χ1v) is 6.48. The number of anilines is 1. The van der Waals surface area contributed by atoms with Crippen molar-refractivity contribution < 1.29 is 4.79 Å². The van der Waals surface area contributed by atoms with Crippen LogP contribution in [0.15, 0.2) is 18.2 Å². The van der Waals surface area contributed by atoms with Gasteiger partial charge in [0.2, 0.25) is 0 Å². The minimum absolute atomic E-state index is 0.00455. The Kier molecular flexibility index (Phi) is 2.93. The number of nitrogens with one attached hydrogen (secondary N) is 3. The molecule has 108 valence electrons. The molecule has 8 heteroatoms. The van der Waals surface area contributed by atoms with Crippen molar-refractivity contribution >= 4 is 22.6 Å². The Morgan fingerprint density at radius 2 is 2.10 bits per heavy atom. The molecule has 0 saturated carbocycles. The first-order chi connectivity index (χ1) is 9.93. The summed E-state index contributed by atoms with van der Waals surface area (Å²) in [4.78, 5) is 19.7. The Balaban J connectivity index is 1.89. The molecule has 21 heavy (non-hydrogen) atoms. The van der Waals surface area contributed by atoms with Gasteiger partial charge in [0.1, 0.15) is 5.82 Å². The summed E-state index contributed by atoms with van der Waals surface area (Å²) in [6, 6.07) is 5.47. The third-order valence-electron chi connectivity index (χ3n) is 3.00.